The van der Waals surface area contributed by atoms with Gasteiger partial charge in [0.15, 0.2) is 0 Å². The van der Waals surface area contributed by atoms with E-state index >= 15 is 0 Å². The van der Waals surface area contributed by atoms with E-state index in [1.165, 1.54) is 6.42 Å². The predicted molar refractivity (Wildman–Crippen MR) is 72.0 cm³/mol. The van der Waals surface area contributed by atoms with Crippen LogP contribution in [0, 0.1) is 5.92 Å². The molecule has 0 bridgehead atoms. The largest absolute Gasteiger partial charge is 0.395 e. The lowest BCUT2D eigenvalue weighted by Crippen LogP contribution is -2.11. The van der Waals surface area contributed by atoms with Gasteiger partial charge in [-0.15, -0.1) is 11.3 Å². The highest BCUT2D eigenvalue weighted by atomic mass is 32.1. The van der Waals surface area contributed by atoms with Crippen molar-refractivity contribution in [2.24, 2.45) is 5.92 Å². The third-order valence-corrected chi connectivity index (χ3v) is 3.67. The van der Waals surface area contributed by atoms with Crippen LogP contribution in [0.3, 0.4) is 0 Å². The quantitative estimate of drug-likeness (QED) is 0.799. The molecule has 0 saturated heterocycles. The molecule has 0 aliphatic carbocycles. The Kier molecular flexibility index (Phi) is 3.29. The summed E-state index contributed by atoms with van der Waals surface area (Å²) in [7, 11) is 0. The number of nitrogen functional groups attached to an aromatic ring is 1. The Hall–Kier alpha value is -1.29. The van der Waals surface area contributed by atoms with Gasteiger partial charge in [-0.25, -0.2) is 4.98 Å². The number of fused-ring (bicyclic) bond motifs is 1. The average Bonchev–Trinajstić information content (AvgIpc) is 2.76. The minimum absolute atomic E-state index is 0.658. The van der Waals surface area contributed by atoms with Crippen molar-refractivity contribution in [1.29, 1.82) is 0 Å². The van der Waals surface area contributed by atoms with Crippen LogP contribution < -0.4 is 11.1 Å². The molecule has 16 heavy (non-hydrogen) atoms. The van der Waals surface area contributed by atoms with E-state index in [4.69, 9.17) is 5.73 Å². The van der Waals surface area contributed by atoms with Crippen LogP contribution >= 0.6 is 11.3 Å². The number of hydrogen-bond donors (Lipinski definition) is 2. The predicted octanol–water partition coefficient (Wildman–Crippen LogP) is 3.34. The van der Waals surface area contributed by atoms with Gasteiger partial charge in [-0.1, -0.05) is 20.3 Å². The van der Waals surface area contributed by atoms with Gasteiger partial charge < -0.3 is 11.1 Å². The standard InChI is InChI=1S/C12H17N3S/c1-3-8(2)6-14-9-4-5-10-12(11(9)13)15-7-16-10/h4-5,7-8,14H,3,6,13H2,1-2H3. The molecule has 1 heterocycles. The first kappa shape index (κ1) is 11.2. The normalized spacial score (nSPS) is 12.9. The zero-order valence-electron chi connectivity index (χ0n) is 9.66. The SMILES string of the molecule is CCC(C)CNc1ccc2scnc2c1N. The molecule has 1 aromatic heterocycles. The number of aromatic nitrogens is 1. The summed E-state index contributed by atoms with van der Waals surface area (Å²) in [6.07, 6.45) is 1.17. The highest BCUT2D eigenvalue weighted by Gasteiger charge is 2.07. The molecule has 0 radical (unpaired) electrons. The fourth-order valence-electron chi connectivity index (χ4n) is 1.53. The summed E-state index contributed by atoms with van der Waals surface area (Å²) < 4.78 is 1.14. The number of anilines is 2. The first-order valence-corrected chi connectivity index (χ1v) is 6.46. The van der Waals surface area contributed by atoms with E-state index in [1.54, 1.807) is 11.3 Å². The van der Waals surface area contributed by atoms with E-state index in [0.717, 1.165) is 28.1 Å². The zero-order valence-corrected chi connectivity index (χ0v) is 10.5. The van der Waals surface area contributed by atoms with Gasteiger partial charge in [-0.2, -0.15) is 0 Å². The lowest BCUT2D eigenvalue weighted by molar-refractivity contribution is 0.593. The van der Waals surface area contributed by atoms with E-state index in [9.17, 15) is 0 Å². The molecule has 0 spiro atoms. The fourth-order valence-corrected chi connectivity index (χ4v) is 2.23. The molecule has 0 fully saturated rings. The molecule has 0 aliphatic rings. The van der Waals surface area contributed by atoms with Crippen molar-refractivity contribution in [3.63, 3.8) is 0 Å². The van der Waals surface area contributed by atoms with Crippen molar-refractivity contribution >= 4 is 32.9 Å². The van der Waals surface area contributed by atoms with Crippen molar-refractivity contribution in [2.45, 2.75) is 20.3 Å². The van der Waals surface area contributed by atoms with Crippen LogP contribution in [0.5, 0.6) is 0 Å². The number of benzene rings is 1. The summed E-state index contributed by atoms with van der Waals surface area (Å²) in [5.74, 6) is 0.658. The first-order valence-electron chi connectivity index (χ1n) is 5.58. The Labute approximate surface area is 99.7 Å². The molecule has 4 heteroatoms. The zero-order chi connectivity index (χ0) is 11.5. The first-order chi connectivity index (χ1) is 7.72. The van der Waals surface area contributed by atoms with Crippen molar-refractivity contribution in [2.75, 3.05) is 17.6 Å². The monoisotopic (exact) mass is 235 g/mol. The smallest absolute Gasteiger partial charge is 0.106 e. The van der Waals surface area contributed by atoms with Crippen LogP contribution in [0.25, 0.3) is 10.2 Å². The average molecular weight is 235 g/mol. The third kappa shape index (κ3) is 2.11. The number of rotatable bonds is 4. The van der Waals surface area contributed by atoms with Gasteiger partial charge in [-0.05, 0) is 18.1 Å². The van der Waals surface area contributed by atoms with Crippen molar-refractivity contribution in [1.82, 2.24) is 4.98 Å². The summed E-state index contributed by atoms with van der Waals surface area (Å²) in [4.78, 5) is 4.28. The van der Waals surface area contributed by atoms with Crippen LogP contribution in [0.2, 0.25) is 0 Å². The van der Waals surface area contributed by atoms with Gasteiger partial charge >= 0.3 is 0 Å². The second-order valence-corrected chi connectivity index (χ2v) is 5.01. The maximum atomic E-state index is 6.07. The summed E-state index contributed by atoms with van der Waals surface area (Å²) in [5.41, 5.74) is 10.6. The topological polar surface area (TPSA) is 50.9 Å². The molecule has 1 unspecified atom stereocenters. The molecule has 1 aromatic carbocycles. The molecule has 3 N–H and O–H groups in total. The van der Waals surface area contributed by atoms with E-state index in [2.05, 4.69) is 30.2 Å². The number of hydrogen-bond acceptors (Lipinski definition) is 4. The lowest BCUT2D eigenvalue weighted by atomic mass is 10.1. The Morgan fingerprint density at radius 3 is 3.06 bits per heavy atom. The van der Waals surface area contributed by atoms with E-state index in [-0.39, 0.29) is 0 Å². The minimum atomic E-state index is 0.658. The fraction of sp³-hybridized carbons (Fsp3) is 0.417. The molecular weight excluding hydrogens is 218 g/mol. The molecule has 0 aliphatic heterocycles. The second-order valence-electron chi connectivity index (χ2n) is 4.12. The summed E-state index contributed by atoms with van der Waals surface area (Å²) in [6, 6.07) is 4.11. The summed E-state index contributed by atoms with van der Waals surface area (Å²) in [6.45, 7) is 5.38. The third-order valence-electron chi connectivity index (χ3n) is 2.88. The Bertz CT molecular complexity index is 478. The van der Waals surface area contributed by atoms with E-state index in [1.807, 2.05) is 11.6 Å². The van der Waals surface area contributed by atoms with Gasteiger partial charge in [0, 0.05) is 6.54 Å². The number of nitrogens with two attached hydrogens (primary N) is 1. The Morgan fingerprint density at radius 1 is 1.50 bits per heavy atom. The van der Waals surface area contributed by atoms with Gasteiger partial charge in [0.25, 0.3) is 0 Å². The summed E-state index contributed by atoms with van der Waals surface area (Å²) >= 11 is 1.62. The van der Waals surface area contributed by atoms with Gasteiger partial charge in [-0.3, -0.25) is 0 Å². The van der Waals surface area contributed by atoms with Crippen molar-refractivity contribution < 1.29 is 0 Å². The number of nitrogens with zero attached hydrogens (tertiary/aromatic N) is 1. The van der Waals surface area contributed by atoms with Crippen LogP contribution in [0.4, 0.5) is 11.4 Å². The van der Waals surface area contributed by atoms with Gasteiger partial charge in [0.1, 0.15) is 5.52 Å². The molecule has 1 atom stereocenters. The van der Waals surface area contributed by atoms with Gasteiger partial charge in [0.05, 0.1) is 21.6 Å². The van der Waals surface area contributed by atoms with Crippen LogP contribution in [-0.4, -0.2) is 11.5 Å². The molecule has 3 nitrogen and oxygen atoms in total. The maximum Gasteiger partial charge on any atom is 0.106 e. The van der Waals surface area contributed by atoms with Crippen LogP contribution in [0.1, 0.15) is 20.3 Å². The van der Waals surface area contributed by atoms with Crippen molar-refractivity contribution in [3.8, 4) is 0 Å². The molecular formula is C12H17N3S. The Balaban J connectivity index is 2.21. The second kappa shape index (κ2) is 4.70. The molecule has 2 rings (SSSR count). The number of nitrogens with one attached hydrogen (secondary N) is 1. The molecule has 0 amide bonds. The van der Waals surface area contributed by atoms with E-state index < -0.39 is 0 Å². The summed E-state index contributed by atoms with van der Waals surface area (Å²) in [5, 5.41) is 3.39. The highest BCUT2D eigenvalue weighted by Crippen LogP contribution is 2.30. The van der Waals surface area contributed by atoms with Crippen molar-refractivity contribution in [3.05, 3.63) is 17.6 Å². The van der Waals surface area contributed by atoms with E-state index in [0.29, 0.717) is 5.92 Å². The molecule has 86 valence electrons. The van der Waals surface area contributed by atoms with Crippen LogP contribution in [0.15, 0.2) is 17.6 Å². The van der Waals surface area contributed by atoms with Gasteiger partial charge in [0.2, 0.25) is 0 Å². The Morgan fingerprint density at radius 2 is 2.31 bits per heavy atom. The molecule has 0 saturated carbocycles. The van der Waals surface area contributed by atoms with Crippen LogP contribution in [-0.2, 0) is 0 Å². The highest BCUT2D eigenvalue weighted by molar-refractivity contribution is 7.16. The lowest BCUT2D eigenvalue weighted by Gasteiger charge is -2.13. The molecule has 2 aromatic rings. The maximum absolute atomic E-state index is 6.07. The number of thiazole rings is 1. The minimum Gasteiger partial charge on any atom is -0.395 e.